The Morgan fingerprint density at radius 3 is 2.58 bits per heavy atom. The fourth-order valence-corrected chi connectivity index (χ4v) is 2.30. The highest BCUT2D eigenvalue weighted by Gasteiger charge is 2.18. The van der Waals surface area contributed by atoms with Crippen LogP contribution in [-0.4, -0.2) is 47.6 Å². The van der Waals surface area contributed by atoms with Crippen LogP contribution in [0.15, 0.2) is 12.4 Å². The SMILES string of the molecule is CCOC(=O)c1cnc(CC2CCN(C)CC2)nc1. The molecule has 5 nitrogen and oxygen atoms in total. The van der Waals surface area contributed by atoms with Gasteiger partial charge in [-0.25, -0.2) is 14.8 Å². The van der Waals surface area contributed by atoms with Crippen LogP contribution in [-0.2, 0) is 11.2 Å². The number of likely N-dealkylation sites (tertiary alicyclic amines) is 1. The molecule has 0 atom stereocenters. The summed E-state index contributed by atoms with van der Waals surface area (Å²) in [5.74, 6) is 1.13. The average Bonchev–Trinajstić information content (AvgIpc) is 2.42. The molecule has 5 heteroatoms. The Morgan fingerprint density at radius 2 is 2.00 bits per heavy atom. The van der Waals surface area contributed by atoms with E-state index < -0.39 is 0 Å². The zero-order chi connectivity index (χ0) is 13.7. The summed E-state index contributed by atoms with van der Waals surface area (Å²) < 4.78 is 4.91. The van der Waals surface area contributed by atoms with Crippen molar-refractivity contribution in [3.8, 4) is 0 Å². The molecule has 0 N–H and O–H groups in total. The van der Waals surface area contributed by atoms with E-state index in [0.29, 0.717) is 18.1 Å². The van der Waals surface area contributed by atoms with Gasteiger partial charge in [-0.1, -0.05) is 0 Å². The van der Waals surface area contributed by atoms with Crippen LogP contribution in [0.2, 0.25) is 0 Å². The monoisotopic (exact) mass is 263 g/mol. The van der Waals surface area contributed by atoms with Gasteiger partial charge in [-0.15, -0.1) is 0 Å². The molecule has 0 aliphatic carbocycles. The van der Waals surface area contributed by atoms with Crippen LogP contribution in [0.3, 0.4) is 0 Å². The second-order valence-electron chi connectivity index (χ2n) is 5.06. The Kier molecular flexibility index (Phi) is 4.85. The third-order valence-corrected chi connectivity index (χ3v) is 3.53. The van der Waals surface area contributed by atoms with Crippen molar-refractivity contribution >= 4 is 5.97 Å². The molecule has 1 aliphatic heterocycles. The maximum absolute atomic E-state index is 11.5. The lowest BCUT2D eigenvalue weighted by Gasteiger charge is -2.28. The summed E-state index contributed by atoms with van der Waals surface area (Å²) in [6.45, 7) is 4.44. The lowest BCUT2D eigenvalue weighted by Crippen LogP contribution is -2.31. The van der Waals surface area contributed by atoms with E-state index in [0.717, 1.165) is 25.3 Å². The summed E-state index contributed by atoms with van der Waals surface area (Å²) in [6.07, 6.45) is 6.42. The summed E-state index contributed by atoms with van der Waals surface area (Å²) in [5.41, 5.74) is 0.425. The minimum absolute atomic E-state index is 0.353. The van der Waals surface area contributed by atoms with E-state index >= 15 is 0 Å². The van der Waals surface area contributed by atoms with Crippen molar-refractivity contribution in [1.82, 2.24) is 14.9 Å². The molecule has 0 amide bonds. The van der Waals surface area contributed by atoms with Crippen molar-refractivity contribution in [1.29, 1.82) is 0 Å². The van der Waals surface area contributed by atoms with Gasteiger partial charge >= 0.3 is 5.97 Å². The number of piperidine rings is 1. The topological polar surface area (TPSA) is 55.3 Å². The van der Waals surface area contributed by atoms with Crippen molar-refractivity contribution in [3.63, 3.8) is 0 Å². The second kappa shape index (κ2) is 6.61. The smallest absolute Gasteiger partial charge is 0.341 e. The molecule has 19 heavy (non-hydrogen) atoms. The highest BCUT2D eigenvalue weighted by atomic mass is 16.5. The van der Waals surface area contributed by atoms with Crippen molar-refractivity contribution in [3.05, 3.63) is 23.8 Å². The quantitative estimate of drug-likeness (QED) is 0.771. The summed E-state index contributed by atoms with van der Waals surface area (Å²) in [6, 6.07) is 0. The van der Waals surface area contributed by atoms with Crippen LogP contribution in [0.25, 0.3) is 0 Å². The van der Waals surface area contributed by atoms with Gasteiger partial charge in [-0.05, 0) is 45.8 Å². The van der Waals surface area contributed by atoms with E-state index in [1.807, 2.05) is 0 Å². The molecule has 1 aromatic heterocycles. The highest BCUT2D eigenvalue weighted by Crippen LogP contribution is 2.19. The first-order chi connectivity index (χ1) is 9.19. The molecule has 0 bridgehead atoms. The van der Waals surface area contributed by atoms with Gasteiger partial charge in [0.05, 0.1) is 12.2 Å². The minimum atomic E-state index is -0.353. The molecule has 1 aliphatic rings. The average molecular weight is 263 g/mol. The molecular formula is C14H21N3O2. The van der Waals surface area contributed by atoms with Crippen LogP contribution in [0.4, 0.5) is 0 Å². The van der Waals surface area contributed by atoms with Crippen molar-refractivity contribution in [2.24, 2.45) is 5.92 Å². The molecule has 0 saturated carbocycles. The van der Waals surface area contributed by atoms with E-state index in [2.05, 4.69) is 21.9 Å². The molecule has 2 rings (SSSR count). The molecule has 0 radical (unpaired) electrons. The Morgan fingerprint density at radius 1 is 1.37 bits per heavy atom. The number of hydrogen-bond acceptors (Lipinski definition) is 5. The molecule has 0 spiro atoms. The van der Waals surface area contributed by atoms with E-state index in [1.54, 1.807) is 19.3 Å². The van der Waals surface area contributed by atoms with Crippen LogP contribution in [0.5, 0.6) is 0 Å². The number of ether oxygens (including phenoxy) is 1. The largest absolute Gasteiger partial charge is 0.462 e. The normalized spacial score (nSPS) is 17.4. The van der Waals surface area contributed by atoms with Gasteiger partial charge in [0.1, 0.15) is 5.82 Å². The van der Waals surface area contributed by atoms with E-state index in [-0.39, 0.29) is 5.97 Å². The van der Waals surface area contributed by atoms with Crippen LogP contribution in [0, 0.1) is 5.92 Å². The fourth-order valence-electron chi connectivity index (χ4n) is 2.30. The Bertz CT molecular complexity index is 411. The van der Waals surface area contributed by atoms with E-state index in [4.69, 9.17) is 4.74 Å². The van der Waals surface area contributed by atoms with Gasteiger partial charge in [0.25, 0.3) is 0 Å². The van der Waals surface area contributed by atoms with Gasteiger partial charge in [0, 0.05) is 18.8 Å². The Hall–Kier alpha value is -1.49. The summed E-state index contributed by atoms with van der Waals surface area (Å²) in [4.78, 5) is 22.4. The molecule has 104 valence electrons. The summed E-state index contributed by atoms with van der Waals surface area (Å²) in [7, 11) is 2.15. The Balaban J connectivity index is 1.90. The number of carbonyl (C=O) groups excluding carboxylic acids is 1. The van der Waals surface area contributed by atoms with Gasteiger partial charge in [-0.3, -0.25) is 0 Å². The third kappa shape index (κ3) is 3.99. The first-order valence-corrected chi connectivity index (χ1v) is 6.85. The number of rotatable bonds is 4. The van der Waals surface area contributed by atoms with Crippen LogP contribution >= 0.6 is 0 Å². The molecule has 1 aromatic rings. The molecular weight excluding hydrogens is 242 g/mol. The third-order valence-electron chi connectivity index (χ3n) is 3.53. The number of carbonyl (C=O) groups is 1. The van der Waals surface area contributed by atoms with Crippen molar-refractivity contribution in [2.45, 2.75) is 26.2 Å². The van der Waals surface area contributed by atoms with Crippen LogP contribution < -0.4 is 0 Å². The molecule has 2 heterocycles. The lowest BCUT2D eigenvalue weighted by molar-refractivity contribution is 0.0525. The lowest BCUT2D eigenvalue weighted by atomic mass is 9.93. The fraction of sp³-hybridized carbons (Fsp3) is 0.643. The second-order valence-corrected chi connectivity index (χ2v) is 5.06. The van der Waals surface area contributed by atoms with E-state index in [9.17, 15) is 4.79 Å². The number of esters is 1. The number of hydrogen-bond donors (Lipinski definition) is 0. The predicted octanol–water partition coefficient (Wildman–Crippen LogP) is 1.54. The van der Waals surface area contributed by atoms with Gasteiger partial charge in [0.15, 0.2) is 0 Å². The highest BCUT2D eigenvalue weighted by molar-refractivity contribution is 5.88. The zero-order valence-corrected chi connectivity index (χ0v) is 11.6. The predicted molar refractivity (Wildman–Crippen MR) is 71.9 cm³/mol. The minimum Gasteiger partial charge on any atom is -0.462 e. The van der Waals surface area contributed by atoms with Gasteiger partial charge < -0.3 is 9.64 Å². The van der Waals surface area contributed by atoms with Crippen molar-refractivity contribution < 1.29 is 9.53 Å². The summed E-state index contributed by atoms with van der Waals surface area (Å²) >= 11 is 0. The molecule has 1 saturated heterocycles. The van der Waals surface area contributed by atoms with E-state index in [1.165, 1.54) is 12.8 Å². The molecule has 0 aromatic carbocycles. The number of nitrogens with zero attached hydrogens (tertiary/aromatic N) is 3. The summed E-state index contributed by atoms with van der Waals surface area (Å²) in [5, 5.41) is 0. The van der Waals surface area contributed by atoms with Gasteiger partial charge in [-0.2, -0.15) is 0 Å². The maximum Gasteiger partial charge on any atom is 0.341 e. The standard InChI is InChI=1S/C14H21N3O2/c1-3-19-14(18)12-9-15-13(16-10-12)8-11-4-6-17(2)7-5-11/h9-11H,3-8H2,1-2H3. The number of aromatic nitrogens is 2. The van der Waals surface area contributed by atoms with Gasteiger partial charge in [0.2, 0.25) is 0 Å². The Labute approximate surface area is 114 Å². The zero-order valence-electron chi connectivity index (χ0n) is 11.6. The maximum atomic E-state index is 11.5. The molecule has 0 unspecified atom stereocenters. The first-order valence-electron chi connectivity index (χ1n) is 6.85. The van der Waals surface area contributed by atoms with Crippen LogP contribution in [0.1, 0.15) is 35.9 Å². The van der Waals surface area contributed by atoms with Crippen molar-refractivity contribution in [2.75, 3.05) is 26.7 Å². The first kappa shape index (κ1) is 13.9. The molecule has 1 fully saturated rings.